The summed E-state index contributed by atoms with van der Waals surface area (Å²) in [4.78, 5) is 11.4. The van der Waals surface area contributed by atoms with Gasteiger partial charge in [0, 0.05) is 4.47 Å². The molecule has 1 aromatic rings. The van der Waals surface area contributed by atoms with Gasteiger partial charge in [-0.05, 0) is 31.2 Å². The van der Waals surface area contributed by atoms with E-state index in [0.717, 1.165) is 4.47 Å². The summed E-state index contributed by atoms with van der Waals surface area (Å²) >= 11 is 3.29. The molecule has 1 unspecified atom stereocenters. The molecule has 0 heterocycles. The molecular weight excluding hydrogens is 244 g/mol. The van der Waals surface area contributed by atoms with E-state index < -0.39 is 0 Å². The van der Waals surface area contributed by atoms with Crippen LogP contribution in [0.3, 0.4) is 0 Å². The van der Waals surface area contributed by atoms with Crippen LogP contribution in [0.15, 0.2) is 41.4 Å². The molecule has 0 amide bonds. The monoisotopic (exact) mass is 254 g/mol. The van der Waals surface area contributed by atoms with E-state index in [1.54, 1.807) is 37.3 Å². The molecule has 1 rings (SSSR count). The second kappa shape index (κ2) is 4.96. The molecule has 3 heteroatoms. The van der Waals surface area contributed by atoms with Crippen molar-refractivity contribution in [3.8, 4) is 0 Å². The van der Waals surface area contributed by atoms with Crippen molar-refractivity contribution >= 4 is 21.9 Å². The number of esters is 1. The number of carbonyl (C=O) groups is 1. The quantitative estimate of drug-likeness (QED) is 0.612. The third kappa shape index (κ3) is 3.00. The minimum Gasteiger partial charge on any atom is -0.455 e. The first-order valence-corrected chi connectivity index (χ1v) is 5.02. The minimum absolute atomic E-state index is 0.258. The standard InChI is InChI=1S/C11H11BrO2/c1-3-8(2)14-11(13)9-4-6-10(12)7-5-9/h3-8H,1H2,2H3. The molecule has 0 spiro atoms. The van der Waals surface area contributed by atoms with Crippen molar-refractivity contribution < 1.29 is 9.53 Å². The maximum Gasteiger partial charge on any atom is 0.338 e. The molecule has 2 nitrogen and oxygen atoms in total. The van der Waals surface area contributed by atoms with Crippen LogP contribution < -0.4 is 0 Å². The minimum atomic E-state index is -0.329. The predicted molar refractivity (Wildman–Crippen MR) is 59.2 cm³/mol. The number of ether oxygens (including phenoxy) is 1. The second-order valence-corrected chi connectivity index (χ2v) is 3.77. The van der Waals surface area contributed by atoms with E-state index in [0.29, 0.717) is 5.56 Å². The summed E-state index contributed by atoms with van der Waals surface area (Å²) in [6.45, 7) is 5.30. The zero-order chi connectivity index (χ0) is 10.6. The maximum absolute atomic E-state index is 11.4. The first kappa shape index (κ1) is 11.0. The van der Waals surface area contributed by atoms with E-state index in [4.69, 9.17) is 4.74 Å². The van der Waals surface area contributed by atoms with Gasteiger partial charge in [0.2, 0.25) is 0 Å². The van der Waals surface area contributed by atoms with Crippen LogP contribution in [0.5, 0.6) is 0 Å². The largest absolute Gasteiger partial charge is 0.455 e. The number of carbonyl (C=O) groups excluding carboxylic acids is 1. The number of hydrogen-bond donors (Lipinski definition) is 0. The average molecular weight is 255 g/mol. The van der Waals surface area contributed by atoms with Crippen LogP contribution in [0.25, 0.3) is 0 Å². The summed E-state index contributed by atoms with van der Waals surface area (Å²) in [5.41, 5.74) is 0.543. The van der Waals surface area contributed by atoms with Crippen molar-refractivity contribution in [2.45, 2.75) is 13.0 Å². The number of benzene rings is 1. The van der Waals surface area contributed by atoms with Gasteiger partial charge < -0.3 is 4.74 Å². The van der Waals surface area contributed by atoms with Gasteiger partial charge in [-0.25, -0.2) is 4.79 Å². The summed E-state index contributed by atoms with van der Waals surface area (Å²) in [7, 11) is 0. The zero-order valence-corrected chi connectivity index (χ0v) is 9.45. The van der Waals surface area contributed by atoms with E-state index in [1.165, 1.54) is 0 Å². The molecule has 74 valence electrons. The molecule has 0 aromatic heterocycles. The first-order chi connectivity index (χ1) is 6.63. The number of halogens is 1. The highest BCUT2D eigenvalue weighted by atomic mass is 79.9. The molecule has 1 aromatic carbocycles. The Morgan fingerprint density at radius 3 is 2.57 bits per heavy atom. The van der Waals surface area contributed by atoms with Gasteiger partial charge in [0.25, 0.3) is 0 Å². The van der Waals surface area contributed by atoms with Crippen LogP contribution in [0.4, 0.5) is 0 Å². The Morgan fingerprint density at radius 1 is 1.50 bits per heavy atom. The van der Waals surface area contributed by atoms with Crippen molar-refractivity contribution in [1.82, 2.24) is 0 Å². The normalized spacial score (nSPS) is 11.9. The van der Waals surface area contributed by atoms with Crippen LogP contribution in [0.2, 0.25) is 0 Å². The molecule has 0 saturated heterocycles. The lowest BCUT2D eigenvalue weighted by atomic mass is 10.2. The average Bonchev–Trinajstić information content (AvgIpc) is 2.18. The summed E-state index contributed by atoms with van der Waals surface area (Å²) in [5, 5.41) is 0. The Kier molecular flexibility index (Phi) is 3.89. The van der Waals surface area contributed by atoms with Crippen molar-refractivity contribution in [2.75, 3.05) is 0 Å². The Hall–Kier alpha value is -1.09. The van der Waals surface area contributed by atoms with E-state index in [1.807, 2.05) is 0 Å². The van der Waals surface area contributed by atoms with Gasteiger partial charge in [0.1, 0.15) is 6.10 Å². The molecule has 0 fully saturated rings. The van der Waals surface area contributed by atoms with E-state index >= 15 is 0 Å². The topological polar surface area (TPSA) is 26.3 Å². The van der Waals surface area contributed by atoms with Crippen molar-refractivity contribution in [2.24, 2.45) is 0 Å². The molecule has 14 heavy (non-hydrogen) atoms. The van der Waals surface area contributed by atoms with Gasteiger partial charge in [0.05, 0.1) is 5.56 Å². The SMILES string of the molecule is C=CC(C)OC(=O)c1ccc(Br)cc1. The zero-order valence-electron chi connectivity index (χ0n) is 7.87. The van der Waals surface area contributed by atoms with E-state index in [2.05, 4.69) is 22.5 Å². The summed E-state index contributed by atoms with van der Waals surface area (Å²) in [6, 6.07) is 7.02. The van der Waals surface area contributed by atoms with Gasteiger partial charge in [-0.3, -0.25) is 0 Å². The fourth-order valence-electron chi connectivity index (χ4n) is 0.871. The highest BCUT2D eigenvalue weighted by molar-refractivity contribution is 9.10. The molecule has 0 aliphatic carbocycles. The Labute approximate surface area is 91.7 Å². The predicted octanol–water partition coefficient (Wildman–Crippen LogP) is 3.18. The smallest absolute Gasteiger partial charge is 0.338 e. The van der Waals surface area contributed by atoms with Gasteiger partial charge >= 0.3 is 5.97 Å². The molecule has 1 atom stereocenters. The molecule has 0 radical (unpaired) electrons. The first-order valence-electron chi connectivity index (χ1n) is 4.22. The van der Waals surface area contributed by atoms with Crippen LogP contribution in [-0.4, -0.2) is 12.1 Å². The second-order valence-electron chi connectivity index (χ2n) is 2.85. The van der Waals surface area contributed by atoms with Gasteiger partial charge in [0.15, 0.2) is 0 Å². The number of hydrogen-bond acceptors (Lipinski definition) is 2. The fraction of sp³-hybridized carbons (Fsp3) is 0.182. The Morgan fingerprint density at radius 2 is 2.07 bits per heavy atom. The van der Waals surface area contributed by atoms with E-state index in [9.17, 15) is 4.79 Å². The van der Waals surface area contributed by atoms with Crippen molar-refractivity contribution in [3.63, 3.8) is 0 Å². The Bertz CT molecular complexity index is 330. The van der Waals surface area contributed by atoms with Crippen LogP contribution in [-0.2, 0) is 4.74 Å². The molecule has 0 aliphatic rings. The van der Waals surface area contributed by atoms with Gasteiger partial charge in [-0.1, -0.05) is 28.6 Å². The highest BCUT2D eigenvalue weighted by Gasteiger charge is 2.08. The van der Waals surface area contributed by atoms with Crippen LogP contribution >= 0.6 is 15.9 Å². The Balaban J connectivity index is 2.70. The molecule has 0 saturated carbocycles. The lowest BCUT2D eigenvalue weighted by molar-refractivity contribution is 0.0425. The fourth-order valence-corrected chi connectivity index (χ4v) is 1.14. The lowest BCUT2D eigenvalue weighted by Gasteiger charge is -2.08. The third-order valence-electron chi connectivity index (χ3n) is 1.70. The molecule has 0 N–H and O–H groups in total. The van der Waals surface area contributed by atoms with Gasteiger partial charge in [-0.2, -0.15) is 0 Å². The molecule has 0 aliphatic heterocycles. The van der Waals surface area contributed by atoms with Crippen molar-refractivity contribution in [3.05, 3.63) is 47.0 Å². The summed E-state index contributed by atoms with van der Waals surface area (Å²) < 4.78 is 5.99. The summed E-state index contributed by atoms with van der Waals surface area (Å²) in [5.74, 6) is -0.329. The van der Waals surface area contributed by atoms with Crippen LogP contribution in [0, 0.1) is 0 Å². The lowest BCUT2D eigenvalue weighted by Crippen LogP contribution is -2.12. The molecular formula is C11H11BrO2. The maximum atomic E-state index is 11.4. The third-order valence-corrected chi connectivity index (χ3v) is 2.23. The van der Waals surface area contributed by atoms with E-state index in [-0.39, 0.29) is 12.1 Å². The highest BCUT2D eigenvalue weighted by Crippen LogP contribution is 2.11. The number of rotatable bonds is 3. The van der Waals surface area contributed by atoms with Crippen molar-refractivity contribution in [1.29, 1.82) is 0 Å². The van der Waals surface area contributed by atoms with Gasteiger partial charge in [-0.15, -0.1) is 0 Å². The molecule has 0 bridgehead atoms. The van der Waals surface area contributed by atoms with Crippen LogP contribution in [0.1, 0.15) is 17.3 Å². The summed E-state index contributed by atoms with van der Waals surface area (Å²) in [6.07, 6.45) is 1.32.